The third-order valence-electron chi connectivity index (χ3n) is 4.03. The van der Waals surface area contributed by atoms with E-state index < -0.39 is 0 Å². The van der Waals surface area contributed by atoms with Crippen LogP contribution >= 0.6 is 11.3 Å². The van der Waals surface area contributed by atoms with E-state index in [0.717, 1.165) is 22.1 Å². The van der Waals surface area contributed by atoms with Crippen LogP contribution in [0.3, 0.4) is 0 Å². The summed E-state index contributed by atoms with van der Waals surface area (Å²) in [6.45, 7) is 2.78. The van der Waals surface area contributed by atoms with E-state index in [4.69, 9.17) is 14.2 Å². The van der Waals surface area contributed by atoms with Crippen LogP contribution in [0.25, 0.3) is 0 Å². The van der Waals surface area contributed by atoms with Crippen LogP contribution in [-0.2, 0) is 4.79 Å². The van der Waals surface area contributed by atoms with Crippen LogP contribution in [0.2, 0.25) is 0 Å². The Kier molecular flexibility index (Phi) is 4.98. The van der Waals surface area contributed by atoms with Gasteiger partial charge in [0, 0.05) is 18.9 Å². The normalized spacial score (nSPS) is 16.0. The molecule has 1 aromatic heterocycles. The second kappa shape index (κ2) is 7.18. The fourth-order valence-corrected chi connectivity index (χ4v) is 4.03. The molecular formula is C17H21N3O4S. The van der Waals surface area contributed by atoms with Crippen molar-refractivity contribution < 1.29 is 19.0 Å². The molecule has 0 saturated carbocycles. The quantitative estimate of drug-likeness (QED) is 0.821. The second-order valence-corrected chi connectivity index (χ2v) is 6.56. The number of amides is 1. The number of thiazole rings is 1. The fourth-order valence-electron chi connectivity index (χ4n) is 2.92. The standard InChI is InChI=1S/C17H21N3O4S/c1-5-18-17-20-16-15(25-17)10(8-13(21)19-16)9-6-11(22-2)14(24-4)12(7-9)23-3/h6-7,10H,5,8H2,1-4H3,(H,18,20)(H,19,21). The highest BCUT2D eigenvalue weighted by molar-refractivity contribution is 7.16. The Morgan fingerprint density at radius 2 is 1.92 bits per heavy atom. The molecule has 7 nitrogen and oxygen atoms in total. The Morgan fingerprint density at radius 1 is 1.24 bits per heavy atom. The van der Waals surface area contributed by atoms with Crippen LogP contribution in [0, 0.1) is 0 Å². The summed E-state index contributed by atoms with van der Waals surface area (Å²) in [5, 5.41) is 6.85. The minimum Gasteiger partial charge on any atom is -0.493 e. The molecule has 1 atom stereocenters. The molecule has 0 radical (unpaired) electrons. The third-order valence-corrected chi connectivity index (χ3v) is 5.16. The monoisotopic (exact) mass is 363 g/mol. The average molecular weight is 363 g/mol. The highest BCUT2D eigenvalue weighted by Crippen LogP contribution is 2.46. The van der Waals surface area contributed by atoms with Gasteiger partial charge < -0.3 is 24.8 Å². The molecule has 1 aliphatic rings. The van der Waals surface area contributed by atoms with Crippen LogP contribution in [-0.4, -0.2) is 38.8 Å². The molecular weight excluding hydrogens is 342 g/mol. The minimum absolute atomic E-state index is 0.0559. The van der Waals surface area contributed by atoms with Crippen LogP contribution in [0.1, 0.15) is 29.7 Å². The first kappa shape index (κ1) is 17.3. The lowest BCUT2D eigenvalue weighted by molar-refractivity contribution is -0.116. The van der Waals surface area contributed by atoms with Crippen molar-refractivity contribution in [2.75, 3.05) is 38.5 Å². The van der Waals surface area contributed by atoms with Gasteiger partial charge in [-0.2, -0.15) is 0 Å². The minimum atomic E-state index is -0.109. The number of benzene rings is 1. The van der Waals surface area contributed by atoms with E-state index in [1.54, 1.807) is 32.7 Å². The molecule has 0 fully saturated rings. The third kappa shape index (κ3) is 3.21. The average Bonchev–Trinajstić information content (AvgIpc) is 3.02. The van der Waals surface area contributed by atoms with Crippen molar-refractivity contribution in [2.45, 2.75) is 19.3 Å². The summed E-state index contributed by atoms with van der Waals surface area (Å²) >= 11 is 1.55. The first-order valence-electron chi connectivity index (χ1n) is 7.95. The number of methoxy groups -OCH3 is 3. The van der Waals surface area contributed by atoms with Crippen LogP contribution in [0.15, 0.2) is 12.1 Å². The zero-order chi connectivity index (χ0) is 18.0. The van der Waals surface area contributed by atoms with Gasteiger partial charge in [-0.3, -0.25) is 4.79 Å². The van der Waals surface area contributed by atoms with Crippen molar-refractivity contribution in [3.05, 3.63) is 22.6 Å². The van der Waals surface area contributed by atoms with E-state index in [1.807, 2.05) is 19.1 Å². The molecule has 1 aliphatic heterocycles. The van der Waals surface area contributed by atoms with Gasteiger partial charge >= 0.3 is 0 Å². The summed E-state index contributed by atoms with van der Waals surface area (Å²) in [4.78, 5) is 17.6. The maximum absolute atomic E-state index is 12.2. The Balaban J connectivity index is 2.09. The summed E-state index contributed by atoms with van der Waals surface area (Å²) in [5.74, 6) is 2.13. The molecule has 3 rings (SSSR count). The van der Waals surface area contributed by atoms with Gasteiger partial charge in [0.1, 0.15) is 5.82 Å². The molecule has 2 heterocycles. The fraction of sp³-hybridized carbons (Fsp3) is 0.412. The zero-order valence-electron chi connectivity index (χ0n) is 14.6. The number of hydrogen-bond donors (Lipinski definition) is 2. The smallest absolute Gasteiger partial charge is 0.226 e. The maximum atomic E-state index is 12.2. The van der Waals surface area contributed by atoms with Gasteiger partial charge in [0.25, 0.3) is 0 Å². The number of aromatic nitrogens is 1. The number of nitrogens with zero attached hydrogens (tertiary/aromatic N) is 1. The molecule has 1 amide bonds. The summed E-state index contributed by atoms with van der Waals surface area (Å²) < 4.78 is 16.3. The largest absolute Gasteiger partial charge is 0.493 e. The summed E-state index contributed by atoms with van der Waals surface area (Å²) in [6, 6.07) is 3.78. The van der Waals surface area contributed by atoms with E-state index in [2.05, 4.69) is 15.6 Å². The molecule has 25 heavy (non-hydrogen) atoms. The van der Waals surface area contributed by atoms with Crippen LogP contribution in [0.4, 0.5) is 10.9 Å². The molecule has 0 bridgehead atoms. The van der Waals surface area contributed by atoms with E-state index >= 15 is 0 Å². The molecule has 134 valence electrons. The molecule has 0 spiro atoms. The number of anilines is 2. The summed E-state index contributed by atoms with van der Waals surface area (Å²) in [6.07, 6.45) is 0.347. The number of carbonyl (C=O) groups excluding carboxylic acids is 1. The van der Waals surface area contributed by atoms with Crippen molar-refractivity contribution in [2.24, 2.45) is 0 Å². The highest BCUT2D eigenvalue weighted by atomic mass is 32.1. The lowest BCUT2D eigenvalue weighted by Gasteiger charge is -2.23. The Labute approximate surface area is 150 Å². The first-order valence-corrected chi connectivity index (χ1v) is 8.77. The first-order chi connectivity index (χ1) is 12.1. The number of carbonyl (C=O) groups is 1. The van der Waals surface area contributed by atoms with Crippen LogP contribution in [0.5, 0.6) is 17.2 Å². The van der Waals surface area contributed by atoms with Gasteiger partial charge in [-0.15, -0.1) is 0 Å². The van der Waals surface area contributed by atoms with E-state index in [-0.39, 0.29) is 11.8 Å². The SMILES string of the molecule is CCNc1nc2c(s1)C(c1cc(OC)c(OC)c(OC)c1)CC(=O)N2. The van der Waals surface area contributed by atoms with Crippen molar-refractivity contribution in [3.8, 4) is 17.2 Å². The lowest BCUT2D eigenvalue weighted by Crippen LogP contribution is -2.22. The molecule has 0 aliphatic carbocycles. The molecule has 1 aromatic carbocycles. The van der Waals surface area contributed by atoms with Gasteiger partial charge in [-0.05, 0) is 24.6 Å². The van der Waals surface area contributed by atoms with Crippen molar-refractivity contribution in [1.29, 1.82) is 0 Å². The predicted molar refractivity (Wildman–Crippen MR) is 97.5 cm³/mol. The van der Waals surface area contributed by atoms with E-state index in [1.165, 1.54) is 0 Å². The molecule has 2 aromatic rings. The Morgan fingerprint density at radius 3 is 2.48 bits per heavy atom. The number of rotatable bonds is 6. The number of nitrogens with one attached hydrogen (secondary N) is 2. The number of fused-ring (bicyclic) bond motifs is 1. The Bertz CT molecular complexity index is 765. The molecule has 8 heteroatoms. The van der Waals surface area contributed by atoms with Gasteiger partial charge in [-0.1, -0.05) is 11.3 Å². The van der Waals surface area contributed by atoms with Gasteiger partial charge in [-0.25, -0.2) is 4.98 Å². The van der Waals surface area contributed by atoms with E-state index in [9.17, 15) is 4.79 Å². The summed E-state index contributed by atoms with van der Waals surface area (Å²) in [5.41, 5.74) is 0.928. The van der Waals surface area contributed by atoms with Gasteiger partial charge in [0.2, 0.25) is 11.7 Å². The second-order valence-electron chi connectivity index (χ2n) is 5.53. The summed E-state index contributed by atoms with van der Waals surface area (Å²) in [7, 11) is 4.73. The molecule has 0 saturated heterocycles. The van der Waals surface area contributed by atoms with Crippen molar-refractivity contribution in [3.63, 3.8) is 0 Å². The zero-order valence-corrected chi connectivity index (χ0v) is 15.5. The molecule has 1 unspecified atom stereocenters. The Hall–Kier alpha value is -2.48. The highest BCUT2D eigenvalue weighted by Gasteiger charge is 2.31. The predicted octanol–water partition coefficient (Wildman–Crippen LogP) is 3.07. The lowest BCUT2D eigenvalue weighted by atomic mass is 9.91. The maximum Gasteiger partial charge on any atom is 0.226 e. The van der Waals surface area contributed by atoms with Crippen LogP contribution < -0.4 is 24.8 Å². The molecule has 2 N–H and O–H groups in total. The topological polar surface area (TPSA) is 81.7 Å². The van der Waals surface area contributed by atoms with Gasteiger partial charge in [0.15, 0.2) is 16.6 Å². The number of ether oxygens (including phenoxy) is 3. The van der Waals surface area contributed by atoms with Crippen molar-refractivity contribution >= 4 is 28.2 Å². The van der Waals surface area contributed by atoms with E-state index in [0.29, 0.717) is 29.5 Å². The van der Waals surface area contributed by atoms with Crippen molar-refractivity contribution in [1.82, 2.24) is 4.98 Å². The van der Waals surface area contributed by atoms with Gasteiger partial charge in [0.05, 0.1) is 26.2 Å². The number of hydrogen-bond acceptors (Lipinski definition) is 7.